The Kier molecular flexibility index (Phi) is 6.27. The summed E-state index contributed by atoms with van der Waals surface area (Å²) in [5, 5.41) is 0. The summed E-state index contributed by atoms with van der Waals surface area (Å²) in [5.41, 5.74) is 1.12. The van der Waals surface area contributed by atoms with Crippen LogP contribution in [0.1, 0.15) is 43.7 Å². The molecule has 0 radical (unpaired) electrons. The van der Waals surface area contributed by atoms with Crippen molar-refractivity contribution in [1.29, 1.82) is 0 Å². The molecule has 0 aliphatic carbocycles. The number of amides is 2. The minimum Gasteiger partial charge on any atom is -0.373 e. The fourth-order valence-corrected chi connectivity index (χ4v) is 4.71. The van der Waals surface area contributed by atoms with E-state index in [0.29, 0.717) is 26.1 Å². The van der Waals surface area contributed by atoms with Gasteiger partial charge in [-0.15, -0.1) is 0 Å². The number of likely N-dealkylation sites (tertiary alicyclic amines) is 2. The van der Waals surface area contributed by atoms with Gasteiger partial charge in [-0.25, -0.2) is 0 Å². The Morgan fingerprint density at radius 3 is 2.50 bits per heavy atom. The molecular weight excluding hydrogens is 354 g/mol. The second kappa shape index (κ2) is 9.05. The summed E-state index contributed by atoms with van der Waals surface area (Å²) in [4.78, 5) is 31.6. The quantitative estimate of drug-likeness (QED) is 0.779. The molecule has 4 rings (SSSR count). The standard InChI is InChI=1S/C22H31N3O3/c26-20-10-4-5-13-24(20)17-21(27)25-14-15-28-19(16-23-11-6-7-12-23)22(25)18-8-2-1-3-9-18/h1-3,8-9,19,22H,4-7,10-17H2/t19-,22-/m0/s1. The molecule has 28 heavy (non-hydrogen) atoms. The molecule has 1 aromatic carbocycles. The van der Waals surface area contributed by atoms with Crippen molar-refractivity contribution in [2.45, 2.75) is 44.2 Å². The van der Waals surface area contributed by atoms with Crippen molar-refractivity contribution in [1.82, 2.24) is 14.7 Å². The van der Waals surface area contributed by atoms with Crippen LogP contribution in [0.4, 0.5) is 0 Å². The zero-order chi connectivity index (χ0) is 19.3. The van der Waals surface area contributed by atoms with Gasteiger partial charge in [0, 0.05) is 26.1 Å². The summed E-state index contributed by atoms with van der Waals surface area (Å²) in [6.07, 6.45) is 4.93. The van der Waals surface area contributed by atoms with Gasteiger partial charge in [0.05, 0.1) is 25.3 Å². The lowest BCUT2D eigenvalue weighted by Gasteiger charge is -2.43. The maximum absolute atomic E-state index is 13.2. The summed E-state index contributed by atoms with van der Waals surface area (Å²) in [6, 6.07) is 10.1. The van der Waals surface area contributed by atoms with E-state index in [4.69, 9.17) is 4.74 Å². The minimum atomic E-state index is -0.0945. The Morgan fingerprint density at radius 1 is 1.00 bits per heavy atom. The molecule has 1 aromatic rings. The van der Waals surface area contributed by atoms with Crippen LogP contribution in [0.2, 0.25) is 0 Å². The third-order valence-electron chi connectivity index (χ3n) is 6.20. The summed E-state index contributed by atoms with van der Waals surface area (Å²) in [5.74, 6) is 0.150. The van der Waals surface area contributed by atoms with Crippen molar-refractivity contribution >= 4 is 11.8 Å². The van der Waals surface area contributed by atoms with Gasteiger partial charge in [0.2, 0.25) is 11.8 Å². The van der Waals surface area contributed by atoms with Gasteiger partial charge in [-0.2, -0.15) is 0 Å². The average molecular weight is 386 g/mol. The number of hydrogen-bond donors (Lipinski definition) is 0. The first-order valence-electron chi connectivity index (χ1n) is 10.7. The Balaban J connectivity index is 1.52. The Bertz CT molecular complexity index is 675. The van der Waals surface area contributed by atoms with Gasteiger partial charge in [0.25, 0.3) is 0 Å². The molecule has 3 aliphatic rings. The first-order chi connectivity index (χ1) is 13.7. The van der Waals surface area contributed by atoms with E-state index in [1.165, 1.54) is 12.8 Å². The van der Waals surface area contributed by atoms with Crippen LogP contribution in [-0.4, -0.2) is 78.5 Å². The zero-order valence-corrected chi connectivity index (χ0v) is 16.6. The maximum Gasteiger partial charge on any atom is 0.242 e. The van der Waals surface area contributed by atoms with Crippen molar-refractivity contribution in [3.63, 3.8) is 0 Å². The number of carbonyl (C=O) groups is 2. The highest BCUT2D eigenvalue weighted by Crippen LogP contribution is 2.31. The lowest BCUT2D eigenvalue weighted by atomic mass is 9.97. The molecule has 0 N–H and O–H groups in total. The van der Waals surface area contributed by atoms with Gasteiger partial charge in [-0.1, -0.05) is 30.3 Å². The van der Waals surface area contributed by atoms with Gasteiger partial charge in [-0.3, -0.25) is 9.59 Å². The van der Waals surface area contributed by atoms with Crippen LogP contribution in [0.3, 0.4) is 0 Å². The van der Waals surface area contributed by atoms with Crippen molar-refractivity contribution in [2.24, 2.45) is 0 Å². The fraction of sp³-hybridized carbons (Fsp3) is 0.636. The molecule has 152 valence electrons. The van der Waals surface area contributed by atoms with Gasteiger partial charge in [0.15, 0.2) is 0 Å². The monoisotopic (exact) mass is 385 g/mol. The van der Waals surface area contributed by atoms with Crippen LogP contribution in [0.5, 0.6) is 0 Å². The average Bonchev–Trinajstić information content (AvgIpc) is 3.23. The van der Waals surface area contributed by atoms with Gasteiger partial charge >= 0.3 is 0 Å². The first-order valence-corrected chi connectivity index (χ1v) is 10.7. The lowest BCUT2D eigenvalue weighted by Crippen LogP contribution is -2.54. The molecule has 2 atom stereocenters. The summed E-state index contributed by atoms with van der Waals surface area (Å²) in [7, 11) is 0. The number of benzene rings is 1. The Labute approximate surface area is 167 Å². The van der Waals surface area contributed by atoms with Crippen molar-refractivity contribution in [3.05, 3.63) is 35.9 Å². The van der Waals surface area contributed by atoms with Crippen molar-refractivity contribution < 1.29 is 14.3 Å². The van der Waals surface area contributed by atoms with Crippen LogP contribution in [0.25, 0.3) is 0 Å². The maximum atomic E-state index is 13.2. The number of carbonyl (C=O) groups excluding carboxylic acids is 2. The summed E-state index contributed by atoms with van der Waals surface area (Å²) in [6.45, 7) is 5.10. The van der Waals surface area contributed by atoms with Crippen molar-refractivity contribution in [3.8, 4) is 0 Å². The zero-order valence-electron chi connectivity index (χ0n) is 16.6. The molecule has 3 heterocycles. The molecule has 0 saturated carbocycles. The van der Waals surface area contributed by atoms with Crippen LogP contribution < -0.4 is 0 Å². The van der Waals surface area contributed by atoms with Crippen LogP contribution >= 0.6 is 0 Å². The number of ether oxygens (including phenoxy) is 1. The summed E-state index contributed by atoms with van der Waals surface area (Å²) < 4.78 is 6.18. The van der Waals surface area contributed by atoms with Gasteiger partial charge < -0.3 is 19.4 Å². The Morgan fingerprint density at radius 2 is 1.75 bits per heavy atom. The third-order valence-corrected chi connectivity index (χ3v) is 6.20. The predicted molar refractivity (Wildman–Crippen MR) is 107 cm³/mol. The number of piperidine rings is 1. The predicted octanol–water partition coefficient (Wildman–Crippen LogP) is 2.06. The normalized spacial score (nSPS) is 26.6. The first kappa shape index (κ1) is 19.4. The number of morpholine rings is 1. The third kappa shape index (κ3) is 4.39. The molecule has 6 nitrogen and oxygen atoms in total. The largest absolute Gasteiger partial charge is 0.373 e. The van der Waals surface area contributed by atoms with Crippen LogP contribution in [0, 0.1) is 0 Å². The van der Waals surface area contributed by atoms with E-state index < -0.39 is 0 Å². The second-order valence-corrected chi connectivity index (χ2v) is 8.13. The number of hydrogen-bond acceptors (Lipinski definition) is 4. The van der Waals surface area contributed by atoms with Gasteiger partial charge in [-0.05, 0) is 44.3 Å². The highest BCUT2D eigenvalue weighted by atomic mass is 16.5. The molecule has 0 bridgehead atoms. The van der Waals surface area contributed by atoms with E-state index >= 15 is 0 Å². The van der Waals surface area contributed by atoms with Gasteiger partial charge in [0.1, 0.15) is 0 Å². The molecule has 3 aliphatic heterocycles. The molecule has 0 unspecified atom stereocenters. The highest BCUT2D eigenvalue weighted by Gasteiger charge is 2.38. The van der Waals surface area contributed by atoms with Crippen molar-refractivity contribution in [2.75, 3.05) is 45.9 Å². The molecule has 2 amide bonds. The van der Waals surface area contributed by atoms with E-state index in [1.807, 2.05) is 23.1 Å². The van der Waals surface area contributed by atoms with E-state index in [9.17, 15) is 9.59 Å². The lowest BCUT2D eigenvalue weighted by molar-refractivity contribution is -0.153. The van der Waals surface area contributed by atoms with Crippen LogP contribution in [0.15, 0.2) is 30.3 Å². The molecule has 0 aromatic heterocycles. The smallest absolute Gasteiger partial charge is 0.242 e. The van der Waals surface area contributed by atoms with E-state index in [-0.39, 0.29) is 30.5 Å². The highest BCUT2D eigenvalue weighted by molar-refractivity contribution is 5.85. The molecular formula is C22H31N3O3. The van der Waals surface area contributed by atoms with Crippen LogP contribution in [-0.2, 0) is 14.3 Å². The molecule has 3 fully saturated rings. The van der Waals surface area contributed by atoms with E-state index in [2.05, 4.69) is 17.0 Å². The molecule has 6 heteroatoms. The van der Waals surface area contributed by atoms with E-state index in [1.54, 1.807) is 4.90 Å². The Hall–Kier alpha value is -1.92. The van der Waals surface area contributed by atoms with E-state index in [0.717, 1.165) is 38.0 Å². The molecule has 3 saturated heterocycles. The molecule has 0 spiro atoms. The fourth-order valence-electron chi connectivity index (χ4n) is 4.71. The topological polar surface area (TPSA) is 53.1 Å². The number of nitrogens with zero attached hydrogens (tertiary/aromatic N) is 3. The number of rotatable bonds is 5. The minimum absolute atomic E-state index is 0.0322. The second-order valence-electron chi connectivity index (χ2n) is 8.13. The SMILES string of the molecule is O=C1CCCCN1CC(=O)N1CCO[C@@H](CN2CCCC2)[C@@H]1c1ccccc1. The summed E-state index contributed by atoms with van der Waals surface area (Å²) >= 11 is 0.